The molecule has 0 aliphatic rings. The summed E-state index contributed by atoms with van der Waals surface area (Å²) < 4.78 is 14.8. The van der Waals surface area contributed by atoms with E-state index in [-0.39, 0.29) is 11.6 Å². The van der Waals surface area contributed by atoms with Gasteiger partial charge in [-0.1, -0.05) is 6.07 Å². The number of halogens is 1. The highest BCUT2D eigenvalue weighted by Gasteiger charge is 2.13. The molecule has 0 radical (unpaired) electrons. The van der Waals surface area contributed by atoms with Crippen molar-refractivity contribution in [2.75, 3.05) is 13.1 Å². The van der Waals surface area contributed by atoms with Gasteiger partial charge in [0.2, 0.25) is 0 Å². The van der Waals surface area contributed by atoms with E-state index in [0.29, 0.717) is 17.8 Å². The van der Waals surface area contributed by atoms with Crippen molar-refractivity contribution >= 4 is 5.78 Å². The van der Waals surface area contributed by atoms with Gasteiger partial charge in [-0.15, -0.1) is 0 Å². The summed E-state index contributed by atoms with van der Waals surface area (Å²) in [5.74, 6) is -0.412. The molecule has 3 rings (SSSR count). The highest BCUT2D eigenvalue weighted by atomic mass is 19.1. The molecule has 7 heteroatoms. The fraction of sp³-hybridized carbons (Fsp3) is 0.286. The molecule has 148 valence electrons. The van der Waals surface area contributed by atoms with Crippen molar-refractivity contribution in [2.24, 2.45) is 11.5 Å². The van der Waals surface area contributed by atoms with Crippen molar-refractivity contribution < 1.29 is 9.18 Å². The number of hydrogen-bond donors (Lipinski definition) is 2. The molecule has 0 aliphatic heterocycles. The summed E-state index contributed by atoms with van der Waals surface area (Å²) in [5, 5.41) is 4.33. The van der Waals surface area contributed by atoms with Gasteiger partial charge < -0.3 is 11.5 Å². The highest BCUT2D eigenvalue weighted by Crippen LogP contribution is 2.17. The molecule has 0 amide bonds. The average Bonchev–Trinajstić information content (AvgIpc) is 3.12. The summed E-state index contributed by atoms with van der Waals surface area (Å²) in [5.41, 5.74) is 13.3. The summed E-state index contributed by atoms with van der Waals surface area (Å²) in [4.78, 5) is 15.7. The number of ketones is 1. The van der Waals surface area contributed by atoms with Crippen molar-refractivity contribution in [3.05, 3.63) is 77.6 Å². The average molecular weight is 383 g/mol. The van der Waals surface area contributed by atoms with Gasteiger partial charge in [0, 0.05) is 31.4 Å². The normalized spacial score (nSPS) is 10.3. The molecule has 4 N–H and O–H groups in total. The lowest BCUT2D eigenvalue weighted by molar-refractivity contribution is 0.101. The zero-order valence-electron chi connectivity index (χ0n) is 16.0. The van der Waals surface area contributed by atoms with E-state index in [1.54, 1.807) is 35.3 Å². The van der Waals surface area contributed by atoms with E-state index in [1.165, 1.54) is 19.1 Å². The molecule has 0 bridgehead atoms. The second-order valence-corrected chi connectivity index (χ2v) is 6.29. The van der Waals surface area contributed by atoms with Gasteiger partial charge in [0.25, 0.3) is 0 Å². The molecule has 0 saturated heterocycles. The molecule has 2 aromatic heterocycles. The van der Waals surface area contributed by atoms with E-state index >= 15 is 0 Å². The molecule has 0 fully saturated rings. The number of nitrogens with zero attached hydrogens (tertiary/aromatic N) is 3. The summed E-state index contributed by atoms with van der Waals surface area (Å²) >= 11 is 0. The zero-order chi connectivity index (χ0) is 20.4. The van der Waals surface area contributed by atoms with Crippen LogP contribution in [0.2, 0.25) is 0 Å². The van der Waals surface area contributed by atoms with Crippen molar-refractivity contribution in [3.8, 4) is 5.69 Å². The molecule has 3 aromatic rings. The molecule has 0 aliphatic carbocycles. The minimum atomic E-state index is -0.309. The van der Waals surface area contributed by atoms with Crippen molar-refractivity contribution in [3.63, 3.8) is 0 Å². The predicted octanol–water partition coefficient (Wildman–Crippen LogP) is 2.88. The lowest BCUT2D eigenvalue weighted by Crippen LogP contribution is -2.04. The van der Waals surface area contributed by atoms with Gasteiger partial charge in [-0.2, -0.15) is 5.10 Å². The second kappa shape index (κ2) is 11.1. The smallest absolute Gasteiger partial charge is 0.180 e. The Hall–Kier alpha value is -2.90. The topological polar surface area (TPSA) is 99.8 Å². The minimum Gasteiger partial charge on any atom is -0.330 e. The Labute approximate surface area is 164 Å². The largest absolute Gasteiger partial charge is 0.330 e. The zero-order valence-corrected chi connectivity index (χ0v) is 16.0. The number of carbonyl (C=O) groups is 1. The number of carbonyl (C=O) groups excluding carboxylic acids is 1. The van der Waals surface area contributed by atoms with Crippen LogP contribution in [0.1, 0.15) is 41.5 Å². The third kappa shape index (κ3) is 6.37. The van der Waals surface area contributed by atoms with Crippen LogP contribution in [0, 0.1) is 5.82 Å². The number of unbranched alkanes of at least 4 members (excludes halogenated alkanes) is 1. The van der Waals surface area contributed by atoms with Gasteiger partial charge >= 0.3 is 0 Å². The maximum Gasteiger partial charge on any atom is 0.180 e. The Bertz CT molecular complexity index is 858. The molecule has 6 nitrogen and oxygen atoms in total. The Morgan fingerprint density at radius 1 is 1.11 bits per heavy atom. The lowest BCUT2D eigenvalue weighted by atomic mass is 10.1. The van der Waals surface area contributed by atoms with E-state index in [0.717, 1.165) is 37.2 Å². The Morgan fingerprint density at radius 2 is 1.79 bits per heavy atom. The van der Waals surface area contributed by atoms with Crippen molar-refractivity contribution in [1.82, 2.24) is 14.8 Å². The number of pyridine rings is 1. The molecule has 2 heterocycles. The first-order valence-corrected chi connectivity index (χ1v) is 9.20. The predicted molar refractivity (Wildman–Crippen MR) is 108 cm³/mol. The van der Waals surface area contributed by atoms with Gasteiger partial charge in [-0.3, -0.25) is 9.78 Å². The summed E-state index contributed by atoms with van der Waals surface area (Å²) in [6, 6.07) is 11.6. The standard InChI is InChI=1S/C17H14FN3O.C4H12N2/c1-12(22)17-10-16(9-13-3-2-8-19-11-13)21(20-17)15-6-4-14(18)5-7-15;5-3-1-2-4-6/h2-8,10-11H,9H2,1H3;1-6H2. The van der Waals surface area contributed by atoms with Crippen LogP contribution >= 0.6 is 0 Å². The molecule has 0 saturated carbocycles. The van der Waals surface area contributed by atoms with Gasteiger partial charge in [-0.05, 0) is 67.9 Å². The summed E-state index contributed by atoms with van der Waals surface area (Å²) in [6.07, 6.45) is 6.20. The van der Waals surface area contributed by atoms with Crippen LogP contribution in [0.15, 0.2) is 54.9 Å². The van der Waals surface area contributed by atoms with E-state index < -0.39 is 0 Å². The van der Waals surface area contributed by atoms with E-state index in [1.807, 2.05) is 12.1 Å². The molecule has 0 spiro atoms. The SMILES string of the molecule is CC(=O)c1cc(Cc2cccnc2)n(-c2ccc(F)cc2)n1.NCCCCN. The minimum absolute atomic E-state index is 0.103. The van der Waals surface area contributed by atoms with Crippen molar-refractivity contribution in [2.45, 2.75) is 26.2 Å². The molecule has 0 unspecified atom stereocenters. The number of hydrogen-bond acceptors (Lipinski definition) is 5. The third-order valence-electron chi connectivity index (χ3n) is 3.98. The quantitative estimate of drug-likeness (QED) is 0.483. The number of nitrogens with two attached hydrogens (primary N) is 2. The number of benzene rings is 1. The van der Waals surface area contributed by atoms with Crippen LogP contribution in [0.5, 0.6) is 0 Å². The van der Waals surface area contributed by atoms with Crippen LogP contribution in [0.3, 0.4) is 0 Å². The Kier molecular flexibility index (Phi) is 8.45. The van der Waals surface area contributed by atoms with Gasteiger partial charge in [0.05, 0.1) is 5.69 Å². The Balaban J connectivity index is 0.000000409. The van der Waals surface area contributed by atoms with Crippen LogP contribution in [0.4, 0.5) is 4.39 Å². The van der Waals surface area contributed by atoms with Gasteiger partial charge in [0.1, 0.15) is 11.5 Å². The molecular weight excluding hydrogens is 357 g/mol. The first kappa shape index (κ1) is 21.4. The number of Topliss-reactive ketones (excluding diaryl/α,β-unsaturated/α-hetero) is 1. The summed E-state index contributed by atoms with van der Waals surface area (Å²) in [7, 11) is 0. The van der Waals surface area contributed by atoms with E-state index in [9.17, 15) is 9.18 Å². The van der Waals surface area contributed by atoms with E-state index in [4.69, 9.17) is 11.5 Å². The summed E-state index contributed by atoms with van der Waals surface area (Å²) in [6.45, 7) is 3.03. The van der Waals surface area contributed by atoms with Crippen LogP contribution in [-0.2, 0) is 6.42 Å². The van der Waals surface area contributed by atoms with E-state index in [2.05, 4.69) is 10.1 Å². The monoisotopic (exact) mass is 383 g/mol. The fourth-order valence-electron chi connectivity index (χ4n) is 2.52. The lowest BCUT2D eigenvalue weighted by Gasteiger charge is -2.07. The molecule has 28 heavy (non-hydrogen) atoms. The van der Waals surface area contributed by atoms with Crippen molar-refractivity contribution in [1.29, 1.82) is 0 Å². The first-order valence-electron chi connectivity index (χ1n) is 9.20. The third-order valence-corrected chi connectivity index (χ3v) is 3.98. The van der Waals surface area contributed by atoms with Gasteiger partial charge in [0.15, 0.2) is 5.78 Å². The molecule has 0 atom stereocenters. The Morgan fingerprint density at radius 3 is 2.32 bits per heavy atom. The van der Waals surface area contributed by atoms with Crippen LogP contribution in [-0.4, -0.2) is 33.6 Å². The molecular formula is C21H26FN5O. The highest BCUT2D eigenvalue weighted by molar-refractivity contribution is 5.92. The van der Waals surface area contributed by atoms with Gasteiger partial charge in [-0.25, -0.2) is 9.07 Å². The van der Waals surface area contributed by atoms with Crippen LogP contribution in [0.25, 0.3) is 5.69 Å². The second-order valence-electron chi connectivity index (χ2n) is 6.29. The fourth-order valence-corrected chi connectivity index (χ4v) is 2.52. The number of aromatic nitrogens is 3. The molecule has 1 aromatic carbocycles. The first-order chi connectivity index (χ1) is 13.5. The number of rotatable bonds is 7. The maximum atomic E-state index is 13.1. The maximum absolute atomic E-state index is 13.1. The van der Waals surface area contributed by atoms with Crippen LogP contribution < -0.4 is 11.5 Å².